The third-order valence-corrected chi connectivity index (χ3v) is 5.40. The maximum Gasteiger partial charge on any atom is 0.0570 e. The van der Waals surface area contributed by atoms with E-state index in [1.54, 1.807) is 0 Å². The van der Waals surface area contributed by atoms with Gasteiger partial charge in [0.1, 0.15) is 0 Å². The van der Waals surface area contributed by atoms with Crippen molar-refractivity contribution in [2.75, 3.05) is 13.6 Å². The topological polar surface area (TPSA) is 35.5 Å². The van der Waals surface area contributed by atoms with Gasteiger partial charge < -0.3 is 10.4 Å². The number of nitrogens with one attached hydrogen (secondary N) is 1. The first-order chi connectivity index (χ1) is 10.2. The molecule has 1 aromatic rings. The van der Waals surface area contributed by atoms with Crippen molar-refractivity contribution in [1.29, 1.82) is 0 Å². The van der Waals surface area contributed by atoms with Gasteiger partial charge >= 0.3 is 0 Å². The Morgan fingerprint density at radius 2 is 1.81 bits per heavy atom. The minimum atomic E-state index is -0.0664. The fourth-order valence-electron chi connectivity index (χ4n) is 4.42. The van der Waals surface area contributed by atoms with Crippen LogP contribution in [0.15, 0.2) is 30.3 Å². The fraction of sp³-hybridized carbons (Fsp3) is 0.667. The normalized spacial score (nSPS) is 32.0. The Morgan fingerprint density at radius 1 is 1.19 bits per heavy atom. The summed E-state index contributed by atoms with van der Waals surface area (Å²) in [5.41, 5.74) is 1.37. The van der Waals surface area contributed by atoms with E-state index in [9.17, 15) is 5.11 Å². The zero-order valence-electron chi connectivity index (χ0n) is 13.2. The zero-order valence-corrected chi connectivity index (χ0v) is 13.2. The van der Waals surface area contributed by atoms with Crippen LogP contribution in [0.4, 0.5) is 0 Å². The summed E-state index contributed by atoms with van der Waals surface area (Å²) in [6.07, 6.45) is 4.41. The Morgan fingerprint density at radius 3 is 2.38 bits per heavy atom. The SMILES string of the molecule is CNC(c1ccccc1)C(C)CN1C2CCC1CC(O)C2. The molecule has 2 saturated heterocycles. The number of aliphatic hydroxyl groups excluding tert-OH is 1. The number of piperidine rings is 1. The Bertz CT molecular complexity index is 436. The molecule has 116 valence electrons. The molecule has 0 spiro atoms. The zero-order chi connectivity index (χ0) is 14.8. The highest BCUT2D eigenvalue weighted by Gasteiger charge is 2.40. The first kappa shape index (κ1) is 15.0. The van der Waals surface area contributed by atoms with Crippen LogP contribution in [-0.2, 0) is 0 Å². The molecular formula is C18H28N2O. The van der Waals surface area contributed by atoms with Gasteiger partial charge in [-0.15, -0.1) is 0 Å². The van der Waals surface area contributed by atoms with Crippen LogP contribution in [0.1, 0.15) is 44.2 Å². The summed E-state index contributed by atoms with van der Waals surface area (Å²) in [4.78, 5) is 2.67. The van der Waals surface area contributed by atoms with Crippen molar-refractivity contribution < 1.29 is 5.11 Å². The third-order valence-electron chi connectivity index (χ3n) is 5.40. The molecule has 2 heterocycles. The molecule has 3 nitrogen and oxygen atoms in total. The van der Waals surface area contributed by atoms with Gasteiger partial charge in [0.05, 0.1) is 6.10 Å². The van der Waals surface area contributed by atoms with Crippen LogP contribution < -0.4 is 5.32 Å². The Hall–Kier alpha value is -0.900. The van der Waals surface area contributed by atoms with Crippen LogP contribution in [0.25, 0.3) is 0 Å². The highest BCUT2D eigenvalue weighted by atomic mass is 16.3. The maximum absolute atomic E-state index is 9.94. The largest absolute Gasteiger partial charge is 0.393 e. The van der Waals surface area contributed by atoms with E-state index in [4.69, 9.17) is 0 Å². The maximum atomic E-state index is 9.94. The van der Waals surface area contributed by atoms with Crippen molar-refractivity contribution in [1.82, 2.24) is 10.2 Å². The highest BCUT2D eigenvalue weighted by Crippen LogP contribution is 2.37. The van der Waals surface area contributed by atoms with Gasteiger partial charge in [0.25, 0.3) is 0 Å². The van der Waals surface area contributed by atoms with Gasteiger partial charge in [-0.1, -0.05) is 37.3 Å². The van der Waals surface area contributed by atoms with Crippen LogP contribution in [0.2, 0.25) is 0 Å². The van der Waals surface area contributed by atoms with Gasteiger partial charge in [-0.2, -0.15) is 0 Å². The van der Waals surface area contributed by atoms with E-state index in [1.165, 1.54) is 18.4 Å². The lowest BCUT2D eigenvalue weighted by Gasteiger charge is -2.40. The van der Waals surface area contributed by atoms with E-state index in [1.807, 2.05) is 0 Å². The number of rotatable bonds is 5. The van der Waals surface area contributed by atoms with Gasteiger partial charge in [-0.3, -0.25) is 4.90 Å². The summed E-state index contributed by atoms with van der Waals surface area (Å²) < 4.78 is 0. The minimum absolute atomic E-state index is 0.0664. The van der Waals surface area contributed by atoms with Crippen molar-refractivity contribution in [2.45, 2.75) is 56.8 Å². The number of hydrogen-bond donors (Lipinski definition) is 2. The van der Waals surface area contributed by atoms with E-state index in [0.29, 0.717) is 24.0 Å². The Balaban J connectivity index is 1.67. The van der Waals surface area contributed by atoms with Gasteiger partial charge in [-0.25, -0.2) is 0 Å². The highest BCUT2D eigenvalue weighted by molar-refractivity contribution is 5.19. The van der Waals surface area contributed by atoms with E-state index in [0.717, 1.165) is 19.4 Å². The number of benzene rings is 1. The Kier molecular flexibility index (Phi) is 4.63. The molecule has 3 heteroatoms. The summed E-state index contributed by atoms with van der Waals surface area (Å²) in [7, 11) is 2.06. The molecule has 1 aromatic carbocycles. The van der Waals surface area contributed by atoms with Crippen LogP contribution in [0, 0.1) is 5.92 Å². The van der Waals surface area contributed by atoms with E-state index in [-0.39, 0.29) is 6.10 Å². The quantitative estimate of drug-likeness (QED) is 0.874. The smallest absolute Gasteiger partial charge is 0.0570 e. The van der Waals surface area contributed by atoms with Gasteiger partial charge in [0, 0.05) is 24.7 Å². The monoisotopic (exact) mass is 288 g/mol. The molecule has 0 radical (unpaired) electrons. The standard InChI is InChI=1S/C18H28N2O/c1-13(18(19-2)14-6-4-3-5-7-14)12-20-15-8-9-16(20)11-17(21)10-15/h3-7,13,15-19,21H,8-12H2,1-2H3. The summed E-state index contributed by atoms with van der Waals surface area (Å²) in [5, 5.41) is 13.4. The number of hydrogen-bond acceptors (Lipinski definition) is 3. The van der Waals surface area contributed by atoms with Crippen LogP contribution in [0.3, 0.4) is 0 Å². The van der Waals surface area contributed by atoms with Crippen LogP contribution in [0.5, 0.6) is 0 Å². The second kappa shape index (κ2) is 6.47. The number of fused-ring (bicyclic) bond motifs is 2. The second-order valence-corrected chi connectivity index (χ2v) is 6.86. The fourth-order valence-corrected chi connectivity index (χ4v) is 4.42. The summed E-state index contributed by atoms with van der Waals surface area (Å²) >= 11 is 0. The molecule has 2 fully saturated rings. The number of nitrogens with zero attached hydrogens (tertiary/aromatic N) is 1. The molecule has 2 N–H and O–H groups in total. The van der Waals surface area contributed by atoms with Crippen molar-refractivity contribution >= 4 is 0 Å². The van der Waals surface area contributed by atoms with Gasteiger partial charge in [0.2, 0.25) is 0 Å². The summed E-state index contributed by atoms with van der Waals surface area (Å²) in [6.45, 7) is 3.47. The van der Waals surface area contributed by atoms with Crippen molar-refractivity contribution in [2.24, 2.45) is 5.92 Å². The number of aliphatic hydroxyl groups is 1. The first-order valence-corrected chi connectivity index (χ1v) is 8.35. The molecule has 4 unspecified atom stereocenters. The summed E-state index contributed by atoms with van der Waals surface area (Å²) in [5.74, 6) is 0.566. The lowest BCUT2D eigenvalue weighted by Crippen LogP contribution is -2.47. The average molecular weight is 288 g/mol. The van der Waals surface area contributed by atoms with Gasteiger partial charge in [-0.05, 0) is 44.2 Å². The lowest BCUT2D eigenvalue weighted by atomic mass is 9.91. The van der Waals surface area contributed by atoms with Crippen molar-refractivity contribution in [3.8, 4) is 0 Å². The second-order valence-electron chi connectivity index (χ2n) is 6.86. The molecule has 3 rings (SSSR count). The average Bonchev–Trinajstić information content (AvgIpc) is 2.72. The molecule has 0 aliphatic carbocycles. The van der Waals surface area contributed by atoms with Crippen LogP contribution in [-0.4, -0.2) is 41.8 Å². The third kappa shape index (κ3) is 3.15. The lowest BCUT2D eigenvalue weighted by molar-refractivity contribution is 0.0252. The first-order valence-electron chi connectivity index (χ1n) is 8.35. The predicted octanol–water partition coefficient (Wildman–Crippen LogP) is 2.57. The minimum Gasteiger partial charge on any atom is -0.393 e. The predicted molar refractivity (Wildman–Crippen MR) is 86.2 cm³/mol. The molecule has 0 saturated carbocycles. The van der Waals surface area contributed by atoms with Crippen molar-refractivity contribution in [3.63, 3.8) is 0 Å². The molecule has 2 aliphatic rings. The molecule has 4 atom stereocenters. The molecule has 0 amide bonds. The van der Waals surface area contributed by atoms with Crippen LogP contribution >= 0.6 is 0 Å². The molecule has 2 bridgehead atoms. The van der Waals surface area contributed by atoms with Gasteiger partial charge in [0.15, 0.2) is 0 Å². The molecule has 0 aromatic heterocycles. The van der Waals surface area contributed by atoms with E-state index in [2.05, 4.69) is 54.5 Å². The van der Waals surface area contributed by atoms with E-state index < -0.39 is 0 Å². The Labute approximate surface area is 128 Å². The molecule has 2 aliphatic heterocycles. The summed E-state index contributed by atoms with van der Waals surface area (Å²) in [6, 6.07) is 12.4. The van der Waals surface area contributed by atoms with Crippen molar-refractivity contribution in [3.05, 3.63) is 35.9 Å². The van der Waals surface area contributed by atoms with E-state index >= 15 is 0 Å². The molecular weight excluding hydrogens is 260 g/mol. The molecule has 21 heavy (non-hydrogen) atoms.